The van der Waals surface area contributed by atoms with Gasteiger partial charge in [-0.1, -0.05) is 53.5 Å². The first kappa shape index (κ1) is 11.7. The van der Waals surface area contributed by atoms with E-state index in [4.69, 9.17) is 0 Å². The van der Waals surface area contributed by atoms with Gasteiger partial charge in [-0.3, -0.25) is 0 Å². The third-order valence-corrected chi connectivity index (χ3v) is 3.25. The Morgan fingerprint density at radius 3 is 2.00 bits per heavy atom. The van der Waals surface area contributed by atoms with Gasteiger partial charge >= 0.3 is 0 Å². The first-order valence-electron chi connectivity index (χ1n) is 5.13. The number of rotatable bonds is 5. The SMILES string of the molecule is C=CC(C)(C)C(CC)C(C)CC. The highest BCUT2D eigenvalue weighted by atomic mass is 14.3. The minimum atomic E-state index is 0.296. The highest BCUT2D eigenvalue weighted by Crippen LogP contribution is 2.37. The lowest BCUT2D eigenvalue weighted by Crippen LogP contribution is -2.26. The van der Waals surface area contributed by atoms with Crippen LogP contribution in [0.4, 0.5) is 0 Å². The topological polar surface area (TPSA) is 0 Å². The van der Waals surface area contributed by atoms with Crippen LogP contribution >= 0.6 is 0 Å². The molecule has 12 heavy (non-hydrogen) atoms. The smallest absolute Gasteiger partial charge is 0.0147 e. The molecular weight excluding hydrogens is 144 g/mol. The second-order valence-corrected chi connectivity index (χ2v) is 4.43. The first-order chi connectivity index (χ1) is 5.49. The van der Waals surface area contributed by atoms with E-state index in [1.165, 1.54) is 12.8 Å². The molecule has 0 heteroatoms. The molecule has 0 aliphatic carbocycles. The van der Waals surface area contributed by atoms with E-state index in [1.54, 1.807) is 0 Å². The Kier molecular flexibility index (Phi) is 4.59. The molecule has 0 N–H and O–H groups in total. The zero-order chi connectivity index (χ0) is 9.78. The van der Waals surface area contributed by atoms with Gasteiger partial charge in [0.05, 0.1) is 0 Å². The molecule has 72 valence electrons. The van der Waals surface area contributed by atoms with Crippen LogP contribution in [0.15, 0.2) is 12.7 Å². The van der Waals surface area contributed by atoms with Gasteiger partial charge in [0.25, 0.3) is 0 Å². The van der Waals surface area contributed by atoms with Crippen LogP contribution in [-0.2, 0) is 0 Å². The van der Waals surface area contributed by atoms with E-state index < -0.39 is 0 Å². The van der Waals surface area contributed by atoms with Crippen molar-refractivity contribution in [3.8, 4) is 0 Å². The standard InChI is InChI=1S/C12H24/c1-7-10(4)11(8-2)12(5,6)9-3/h9-11H,3,7-8H2,1-2,4-6H3. The van der Waals surface area contributed by atoms with Crippen LogP contribution < -0.4 is 0 Å². The summed E-state index contributed by atoms with van der Waals surface area (Å²) in [7, 11) is 0. The zero-order valence-corrected chi connectivity index (χ0v) is 9.35. The van der Waals surface area contributed by atoms with Crippen molar-refractivity contribution in [3.05, 3.63) is 12.7 Å². The normalized spacial score (nSPS) is 17.1. The summed E-state index contributed by atoms with van der Waals surface area (Å²) in [4.78, 5) is 0. The lowest BCUT2D eigenvalue weighted by molar-refractivity contribution is 0.188. The molecule has 0 fully saturated rings. The van der Waals surface area contributed by atoms with Crippen LogP contribution in [0, 0.1) is 17.3 Å². The van der Waals surface area contributed by atoms with Crippen molar-refractivity contribution in [1.29, 1.82) is 0 Å². The zero-order valence-electron chi connectivity index (χ0n) is 9.35. The van der Waals surface area contributed by atoms with Crippen molar-refractivity contribution < 1.29 is 0 Å². The highest BCUT2D eigenvalue weighted by molar-refractivity contribution is 4.93. The van der Waals surface area contributed by atoms with Crippen LogP contribution in [0.1, 0.15) is 47.5 Å². The molecule has 0 aromatic rings. The van der Waals surface area contributed by atoms with Gasteiger partial charge in [-0.15, -0.1) is 6.58 Å². The number of allylic oxidation sites excluding steroid dienone is 1. The second kappa shape index (κ2) is 4.69. The minimum absolute atomic E-state index is 0.296. The summed E-state index contributed by atoms with van der Waals surface area (Å²) in [5.41, 5.74) is 0.296. The Morgan fingerprint density at radius 2 is 1.75 bits per heavy atom. The van der Waals surface area contributed by atoms with Crippen molar-refractivity contribution in [2.45, 2.75) is 47.5 Å². The quantitative estimate of drug-likeness (QED) is 0.538. The third kappa shape index (κ3) is 2.66. The first-order valence-corrected chi connectivity index (χ1v) is 5.13. The van der Waals surface area contributed by atoms with Gasteiger partial charge in [-0.2, -0.15) is 0 Å². The molecule has 2 unspecified atom stereocenters. The molecule has 0 amide bonds. The van der Waals surface area contributed by atoms with Crippen molar-refractivity contribution in [2.75, 3.05) is 0 Å². The van der Waals surface area contributed by atoms with Gasteiger partial charge in [0, 0.05) is 0 Å². The van der Waals surface area contributed by atoms with E-state index in [9.17, 15) is 0 Å². The number of hydrogen-bond acceptors (Lipinski definition) is 0. The van der Waals surface area contributed by atoms with E-state index in [-0.39, 0.29) is 0 Å². The fourth-order valence-corrected chi connectivity index (χ4v) is 2.10. The summed E-state index contributed by atoms with van der Waals surface area (Å²) in [6.07, 6.45) is 4.64. The van der Waals surface area contributed by atoms with E-state index in [2.05, 4.69) is 47.3 Å². The Bertz CT molecular complexity index is 133. The maximum Gasteiger partial charge on any atom is -0.0147 e. The average Bonchev–Trinajstić information content (AvgIpc) is 2.05. The molecule has 0 saturated carbocycles. The Morgan fingerprint density at radius 1 is 1.25 bits per heavy atom. The molecule has 0 heterocycles. The van der Waals surface area contributed by atoms with Crippen molar-refractivity contribution in [2.24, 2.45) is 17.3 Å². The predicted octanol–water partition coefficient (Wildman–Crippen LogP) is 4.27. The molecule has 0 radical (unpaired) electrons. The molecule has 0 bridgehead atoms. The lowest BCUT2D eigenvalue weighted by atomic mass is 9.70. The molecular formula is C12H24. The van der Waals surface area contributed by atoms with Gasteiger partial charge in [0.15, 0.2) is 0 Å². The monoisotopic (exact) mass is 168 g/mol. The summed E-state index contributed by atoms with van der Waals surface area (Å²) in [6, 6.07) is 0. The molecule has 0 aliphatic rings. The Hall–Kier alpha value is -0.260. The molecule has 0 aliphatic heterocycles. The molecule has 0 saturated heterocycles. The van der Waals surface area contributed by atoms with Crippen LogP contribution in [0.2, 0.25) is 0 Å². The summed E-state index contributed by atoms with van der Waals surface area (Å²) in [5, 5.41) is 0. The van der Waals surface area contributed by atoms with Gasteiger partial charge in [-0.25, -0.2) is 0 Å². The molecule has 0 spiro atoms. The molecule has 0 aromatic heterocycles. The second-order valence-electron chi connectivity index (χ2n) is 4.43. The summed E-state index contributed by atoms with van der Waals surface area (Å²) in [6.45, 7) is 15.4. The fourth-order valence-electron chi connectivity index (χ4n) is 2.10. The van der Waals surface area contributed by atoms with Gasteiger partial charge in [0.2, 0.25) is 0 Å². The van der Waals surface area contributed by atoms with Gasteiger partial charge < -0.3 is 0 Å². The summed E-state index contributed by atoms with van der Waals surface area (Å²) >= 11 is 0. The summed E-state index contributed by atoms with van der Waals surface area (Å²) < 4.78 is 0. The Labute approximate surface area is 78.1 Å². The van der Waals surface area contributed by atoms with E-state index in [0.717, 1.165) is 11.8 Å². The molecule has 2 atom stereocenters. The van der Waals surface area contributed by atoms with Crippen molar-refractivity contribution in [3.63, 3.8) is 0 Å². The maximum atomic E-state index is 3.92. The van der Waals surface area contributed by atoms with Crippen molar-refractivity contribution >= 4 is 0 Å². The predicted molar refractivity (Wildman–Crippen MR) is 57.2 cm³/mol. The fraction of sp³-hybridized carbons (Fsp3) is 0.833. The minimum Gasteiger partial charge on any atom is -0.103 e. The van der Waals surface area contributed by atoms with Crippen LogP contribution in [0.25, 0.3) is 0 Å². The average molecular weight is 168 g/mol. The van der Waals surface area contributed by atoms with Gasteiger partial charge in [-0.05, 0) is 17.3 Å². The third-order valence-electron chi connectivity index (χ3n) is 3.25. The maximum absolute atomic E-state index is 3.92. The van der Waals surface area contributed by atoms with Crippen LogP contribution in [-0.4, -0.2) is 0 Å². The molecule has 0 rings (SSSR count). The largest absolute Gasteiger partial charge is 0.103 e. The molecule has 0 aromatic carbocycles. The Balaban J connectivity index is 4.42. The molecule has 0 nitrogen and oxygen atoms in total. The van der Waals surface area contributed by atoms with Crippen LogP contribution in [0.3, 0.4) is 0 Å². The number of hydrogen-bond donors (Lipinski definition) is 0. The van der Waals surface area contributed by atoms with E-state index in [1.807, 2.05) is 0 Å². The van der Waals surface area contributed by atoms with E-state index in [0.29, 0.717) is 5.41 Å². The van der Waals surface area contributed by atoms with Crippen LogP contribution in [0.5, 0.6) is 0 Å². The van der Waals surface area contributed by atoms with Gasteiger partial charge in [0.1, 0.15) is 0 Å². The summed E-state index contributed by atoms with van der Waals surface area (Å²) in [5.74, 6) is 1.59. The van der Waals surface area contributed by atoms with E-state index >= 15 is 0 Å². The lowest BCUT2D eigenvalue weighted by Gasteiger charge is -2.35. The highest BCUT2D eigenvalue weighted by Gasteiger charge is 2.28. The van der Waals surface area contributed by atoms with Crippen molar-refractivity contribution in [1.82, 2.24) is 0 Å².